The lowest BCUT2D eigenvalue weighted by molar-refractivity contribution is 0.528. The zero-order chi connectivity index (χ0) is 13.2. The van der Waals surface area contributed by atoms with Crippen LogP contribution in [-0.4, -0.2) is 0 Å². The van der Waals surface area contributed by atoms with Gasteiger partial charge >= 0.3 is 0 Å². The van der Waals surface area contributed by atoms with E-state index in [0.717, 1.165) is 18.4 Å². The molecule has 0 heterocycles. The third kappa shape index (κ3) is 2.65. The number of fused-ring (bicyclic) bond motifs is 1. The zero-order valence-electron chi connectivity index (χ0n) is 10.5. The van der Waals surface area contributed by atoms with Crippen LogP contribution in [0, 0.1) is 5.82 Å². The Morgan fingerprint density at radius 2 is 2.05 bits per heavy atom. The molecule has 0 bridgehead atoms. The quantitative estimate of drug-likeness (QED) is 0.883. The molecular formula is C16H15ClFN. The summed E-state index contributed by atoms with van der Waals surface area (Å²) in [6, 6.07) is 13.8. The Bertz CT molecular complexity index is 597. The largest absolute Gasteiger partial charge is 0.306 e. The second kappa shape index (κ2) is 5.32. The van der Waals surface area contributed by atoms with Gasteiger partial charge in [0, 0.05) is 12.6 Å². The van der Waals surface area contributed by atoms with E-state index in [9.17, 15) is 4.39 Å². The molecule has 2 aromatic rings. The van der Waals surface area contributed by atoms with Crippen LogP contribution >= 0.6 is 11.6 Å². The molecule has 3 rings (SSSR count). The SMILES string of the molecule is Fc1cc(CNC2CCc3ccccc32)ccc1Cl. The monoisotopic (exact) mass is 275 g/mol. The van der Waals surface area contributed by atoms with Crippen LogP contribution in [0.1, 0.15) is 29.2 Å². The minimum atomic E-state index is -0.354. The molecule has 0 saturated heterocycles. The van der Waals surface area contributed by atoms with Gasteiger partial charge in [0.05, 0.1) is 5.02 Å². The van der Waals surface area contributed by atoms with Crippen molar-refractivity contribution in [3.8, 4) is 0 Å². The van der Waals surface area contributed by atoms with E-state index in [1.807, 2.05) is 6.07 Å². The Hall–Kier alpha value is -1.38. The number of benzene rings is 2. The van der Waals surface area contributed by atoms with Crippen molar-refractivity contribution in [3.63, 3.8) is 0 Å². The Morgan fingerprint density at radius 3 is 2.89 bits per heavy atom. The highest BCUT2D eigenvalue weighted by molar-refractivity contribution is 6.30. The molecule has 1 unspecified atom stereocenters. The van der Waals surface area contributed by atoms with Gasteiger partial charge in [0.2, 0.25) is 0 Å². The second-order valence-corrected chi connectivity index (χ2v) is 5.33. The molecule has 0 saturated carbocycles. The molecule has 0 spiro atoms. The van der Waals surface area contributed by atoms with Crippen molar-refractivity contribution in [1.29, 1.82) is 0 Å². The van der Waals surface area contributed by atoms with Crippen molar-refractivity contribution < 1.29 is 4.39 Å². The summed E-state index contributed by atoms with van der Waals surface area (Å²) in [4.78, 5) is 0. The lowest BCUT2D eigenvalue weighted by Gasteiger charge is -2.14. The van der Waals surface area contributed by atoms with Crippen LogP contribution in [0.4, 0.5) is 4.39 Å². The van der Waals surface area contributed by atoms with Crippen LogP contribution in [0.5, 0.6) is 0 Å². The van der Waals surface area contributed by atoms with E-state index in [4.69, 9.17) is 11.6 Å². The van der Waals surface area contributed by atoms with Gasteiger partial charge in [-0.05, 0) is 41.7 Å². The van der Waals surface area contributed by atoms with Gasteiger partial charge in [-0.3, -0.25) is 0 Å². The predicted molar refractivity (Wildman–Crippen MR) is 75.8 cm³/mol. The van der Waals surface area contributed by atoms with E-state index in [-0.39, 0.29) is 10.8 Å². The molecule has 1 aliphatic rings. The Balaban J connectivity index is 1.69. The number of halogens is 2. The average Bonchev–Trinajstić information content (AvgIpc) is 2.83. The van der Waals surface area contributed by atoms with E-state index in [0.29, 0.717) is 12.6 Å². The molecule has 0 aliphatic heterocycles. The molecule has 2 aromatic carbocycles. The molecule has 1 aliphatic carbocycles. The van der Waals surface area contributed by atoms with E-state index in [2.05, 4.69) is 29.6 Å². The van der Waals surface area contributed by atoms with Crippen molar-refractivity contribution in [1.82, 2.24) is 5.32 Å². The molecule has 1 atom stereocenters. The normalized spacial score (nSPS) is 17.5. The van der Waals surface area contributed by atoms with Crippen LogP contribution in [0.2, 0.25) is 5.02 Å². The smallest absolute Gasteiger partial charge is 0.142 e. The first-order valence-corrected chi connectivity index (χ1v) is 6.87. The molecule has 0 fully saturated rings. The van der Waals surface area contributed by atoms with Gasteiger partial charge < -0.3 is 5.32 Å². The summed E-state index contributed by atoms with van der Waals surface area (Å²) in [5.41, 5.74) is 3.71. The predicted octanol–water partition coefficient (Wildman–Crippen LogP) is 4.26. The minimum Gasteiger partial charge on any atom is -0.306 e. The fourth-order valence-corrected chi connectivity index (χ4v) is 2.78. The first kappa shape index (κ1) is 12.6. The summed E-state index contributed by atoms with van der Waals surface area (Å²) >= 11 is 5.68. The van der Waals surface area contributed by atoms with Crippen LogP contribution < -0.4 is 5.32 Å². The molecule has 1 N–H and O–H groups in total. The fourth-order valence-electron chi connectivity index (χ4n) is 2.66. The third-order valence-corrected chi connectivity index (χ3v) is 3.98. The lowest BCUT2D eigenvalue weighted by Crippen LogP contribution is -2.18. The van der Waals surface area contributed by atoms with Crippen molar-refractivity contribution in [2.45, 2.75) is 25.4 Å². The third-order valence-electron chi connectivity index (χ3n) is 3.67. The van der Waals surface area contributed by atoms with Gasteiger partial charge in [-0.25, -0.2) is 4.39 Å². The van der Waals surface area contributed by atoms with Crippen molar-refractivity contribution in [2.24, 2.45) is 0 Å². The molecular weight excluding hydrogens is 261 g/mol. The summed E-state index contributed by atoms with van der Waals surface area (Å²) in [5.74, 6) is -0.354. The molecule has 19 heavy (non-hydrogen) atoms. The molecule has 1 nitrogen and oxygen atoms in total. The fraction of sp³-hybridized carbons (Fsp3) is 0.250. The van der Waals surface area contributed by atoms with Gasteiger partial charge in [0.1, 0.15) is 5.82 Å². The van der Waals surface area contributed by atoms with E-state index in [1.54, 1.807) is 6.07 Å². The topological polar surface area (TPSA) is 12.0 Å². The summed E-state index contributed by atoms with van der Waals surface area (Å²) in [7, 11) is 0. The highest BCUT2D eigenvalue weighted by atomic mass is 35.5. The van der Waals surface area contributed by atoms with E-state index < -0.39 is 0 Å². The first-order chi connectivity index (χ1) is 9.24. The van der Waals surface area contributed by atoms with E-state index >= 15 is 0 Å². The summed E-state index contributed by atoms with van der Waals surface area (Å²) in [5, 5.41) is 3.67. The van der Waals surface area contributed by atoms with Crippen LogP contribution in [0.15, 0.2) is 42.5 Å². The maximum atomic E-state index is 13.4. The summed E-state index contributed by atoms with van der Waals surface area (Å²) in [6.07, 6.45) is 2.22. The highest BCUT2D eigenvalue weighted by Gasteiger charge is 2.20. The zero-order valence-corrected chi connectivity index (χ0v) is 11.3. The van der Waals surface area contributed by atoms with Crippen LogP contribution in [0.3, 0.4) is 0 Å². The minimum absolute atomic E-state index is 0.176. The molecule has 98 valence electrons. The molecule has 0 amide bonds. The van der Waals surface area contributed by atoms with Crippen LogP contribution in [0.25, 0.3) is 0 Å². The maximum Gasteiger partial charge on any atom is 0.142 e. The van der Waals surface area contributed by atoms with Crippen molar-refractivity contribution >= 4 is 11.6 Å². The Labute approximate surface area is 117 Å². The van der Waals surface area contributed by atoms with Crippen molar-refractivity contribution in [2.75, 3.05) is 0 Å². The molecule has 0 aromatic heterocycles. The van der Waals surface area contributed by atoms with Gasteiger partial charge in [0.15, 0.2) is 0 Å². The number of aryl methyl sites for hydroxylation is 1. The number of hydrogen-bond acceptors (Lipinski definition) is 1. The number of hydrogen-bond donors (Lipinski definition) is 1. The standard InChI is InChI=1S/C16H15ClFN/c17-14-7-5-11(9-15(14)18)10-19-16-8-6-12-3-1-2-4-13(12)16/h1-5,7,9,16,19H,6,8,10H2. The van der Waals surface area contributed by atoms with E-state index in [1.165, 1.54) is 17.2 Å². The average molecular weight is 276 g/mol. The van der Waals surface area contributed by atoms with Gasteiger partial charge in [0.25, 0.3) is 0 Å². The maximum absolute atomic E-state index is 13.4. The van der Waals surface area contributed by atoms with Gasteiger partial charge in [-0.15, -0.1) is 0 Å². The second-order valence-electron chi connectivity index (χ2n) is 4.92. The Kier molecular flexibility index (Phi) is 3.54. The lowest BCUT2D eigenvalue weighted by atomic mass is 10.1. The summed E-state index contributed by atoms with van der Waals surface area (Å²) in [6.45, 7) is 0.660. The summed E-state index contributed by atoms with van der Waals surface area (Å²) < 4.78 is 13.4. The number of nitrogens with one attached hydrogen (secondary N) is 1. The van der Waals surface area contributed by atoms with Gasteiger partial charge in [-0.1, -0.05) is 41.9 Å². The Morgan fingerprint density at radius 1 is 1.21 bits per heavy atom. The molecule has 0 radical (unpaired) electrons. The van der Waals surface area contributed by atoms with Crippen LogP contribution in [-0.2, 0) is 13.0 Å². The molecule has 3 heteroatoms. The first-order valence-electron chi connectivity index (χ1n) is 6.49. The number of rotatable bonds is 3. The van der Waals surface area contributed by atoms with Gasteiger partial charge in [-0.2, -0.15) is 0 Å². The van der Waals surface area contributed by atoms with Crippen molar-refractivity contribution in [3.05, 3.63) is 70.0 Å². The highest BCUT2D eigenvalue weighted by Crippen LogP contribution is 2.30.